The first-order chi connectivity index (χ1) is 12.9. The lowest BCUT2D eigenvalue weighted by Crippen LogP contribution is -1.92. The molecule has 0 radical (unpaired) electrons. The van der Waals surface area contributed by atoms with E-state index in [9.17, 15) is 0 Å². The van der Waals surface area contributed by atoms with Crippen LogP contribution in [-0.2, 0) is 5.75 Å². The Morgan fingerprint density at radius 3 is 2.77 bits per heavy atom. The van der Waals surface area contributed by atoms with E-state index in [1.165, 1.54) is 28.1 Å². The Morgan fingerprint density at radius 2 is 1.77 bits per heavy atom. The van der Waals surface area contributed by atoms with Gasteiger partial charge < -0.3 is 13.9 Å². The van der Waals surface area contributed by atoms with Crippen LogP contribution in [0.15, 0.2) is 70.3 Å². The topological polar surface area (TPSA) is 57.4 Å². The summed E-state index contributed by atoms with van der Waals surface area (Å²) in [5.74, 6) is 2.68. The first-order valence-corrected chi connectivity index (χ1v) is 9.18. The molecule has 1 aliphatic heterocycles. The quantitative estimate of drug-likeness (QED) is 0.481. The highest BCUT2D eigenvalue weighted by molar-refractivity contribution is 7.98. The van der Waals surface area contributed by atoms with Crippen LogP contribution in [0.4, 0.5) is 0 Å². The van der Waals surface area contributed by atoms with Gasteiger partial charge in [0, 0.05) is 11.3 Å². The molecule has 5 rings (SSSR count). The third-order valence-corrected chi connectivity index (χ3v) is 5.12. The zero-order valence-electron chi connectivity index (χ0n) is 13.7. The van der Waals surface area contributed by atoms with Crippen molar-refractivity contribution in [2.24, 2.45) is 0 Å². The highest BCUT2D eigenvalue weighted by Gasteiger charge is 2.17. The van der Waals surface area contributed by atoms with Gasteiger partial charge >= 0.3 is 0 Å². The van der Waals surface area contributed by atoms with E-state index in [1.807, 2.05) is 18.2 Å². The Balaban J connectivity index is 1.36. The molecule has 5 nitrogen and oxygen atoms in total. The number of fused-ring (bicyclic) bond motifs is 2. The number of benzene rings is 3. The zero-order chi connectivity index (χ0) is 17.3. The van der Waals surface area contributed by atoms with Crippen molar-refractivity contribution in [3.63, 3.8) is 0 Å². The molecular formula is C20H14N2O3S. The fourth-order valence-corrected chi connectivity index (χ4v) is 3.74. The SMILES string of the molecule is c1ccc2c(CSc3nnc(-c4ccc5c(c4)OCO5)o3)cccc2c1. The fraction of sp³-hybridized carbons (Fsp3) is 0.100. The maximum absolute atomic E-state index is 5.81. The Labute approximate surface area is 154 Å². The van der Waals surface area contributed by atoms with Gasteiger partial charge in [0.1, 0.15) is 0 Å². The molecular weight excluding hydrogens is 348 g/mol. The van der Waals surface area contributed by atoms with Gasteiger partial charge in [0.25, 0.3) is 5.22 Å². The first-order valence-electron chi connectivity index (χ1n) is 8.20. The van der Waals surface area contributed by atoms with Crippen LogP contribution >= 0.6 is 11.8 Å². The van der Waals surface area contributed by atoms with Crippen molar-refractivity contribution in [3.8, 4) is 23.0 Å². The summed E-state index contributed by atoms with van der Waals surface area (Å²) >= 11 is 1.53. The number of ether oxygens (including phenoxy) is 2. The highest BCUT2D eigenvalue weighted by Crippen LogP contribution is 2.36. The molecule has 128 valence electrons. The van der Waals surface area contributed by atoms with Gasteiger partial charge in [-0.1, -0.05) is 54.2 Å². The summed E-state index contributed by atoms with van der Waals surface area (Å²) in [6.45, 7) is 0.245. The van der Waals surface area contributed by atoms with E-state index in [0.717, 1.165) is 17.1 Å². The predicted octanol–water partition coefficient (Wildman–Crippen LogP) is 4.91. The average Bonchev–Trinajstić information content (AvgIpc) is 3.35. The second-order valence-corrected chi connectivity index (χ2v) is 6.79. The summed E-state index contributed by atoms with van der Waals surface area (Å²) in [5.41, 5.74) is 2.06. The van der Waals surface area contributed by atoms with Gasteiger partial charge in [-0.25, -0.2) is 0 Å². The van der Waals surface area contributed by atoms with Crippen LogP contribution in [0.3, 0.4) is 0 Å². The van der Waals surface area contributed by atoms with E-state index in [0.29, 0.717) is 16.9 Å². The second-order valence-electron chi connectivity index (χ2n) is 5.87. The number of thioether (sulfide) groups is 1. The molecule has 0 amide bonds. The van der Waals surface area contributed by atoms with E-state index in [4.69, 9.17) is 13.9 Å². The smallest absolute Gasteiger partial charge is 0.277 e. The molecule has 0 spiro atoms. The molecule has 26 heavy (non-hydrogen) atoms. The third-order valence-electron chi connectivity index (χ3n) is 4.26. The van der Waals surface area contributed by atoms with Gasteiger partial charge in [-0.2, -0.15) is 0 Å². The molecule has 1 aliphatic rings. The van der Waals surface area contributed by atoms with E-state index in [2.05, 4.69) is 52.7 Å². The van der Waals surface area contributed by atoms with E-state index in [-0.39, 0.29) is 6.79 Å². The third kappa shape index (κ3) is 2.78. The minimum atomic E-state index is 0.245. The summed E-state index contributed by atoms with van der Waals surface area (Å²) < 4.78 is 16.5. The zero-order valence-corrected chi connectivity index (χ0v) is 14.5. The molecule has 3 aromatic carbocycles. The van der Waals surface area contributed by atoms with E-state index in [1.54, 1.807) is 0 Å². The number of hydrogen-bond donors (Lipinski definition) is 0. The monoisotopic (exact) mass is 362 g/mol. The molecule has 0 saturated carbocycles. The number of hydrogen-bond acceptors (Lipinski definition) is 6. The van der Waals surface area contributed by atoms with Crippen molar-refractivity contribution in [3.05, 3.63) is 66.2 Å². The van der Waals surface area contributed by atoms with Gasteiger partial charge in [0.2, 0.25) is 12.7 Å². The molecule has 0 saturated heterocycles. The number of aromatic nitrogens is 2. The van der Waals surface area contributed by atoms with Crippen LogP contribution in [0.25, 0.3) is 22.2 Å². The normalized spacial score (nSPS) is 12.6. The largest absolute Gasteiger partial charge is 0.454 e. The van der Waals surface area contributed by atoms with E-state index < -0.39 is 0 Å². The van der Waals surface area contributed by atoms with Crippen molar-refractivity contribution in [1.82, 2.24) is 10.2 Å². The fourth-order valence-electron chi connectivity index (χ4n) is 2.97. The van der Waals surface area contributed by atoms with E-state index >= 15 is 0 Å². The maximum atomic E-state index is 5.81. The van der Waals surface area contributed by atoms with Crippen LogP contribution in [0.5, 0.6) is 11.5 Å². The Kier molecular flexibility index (Phi) is 3.75. The summed E-state index contributed by atoms with van der Waals surface area (Å²) in [6, 6.07) is 20.3. The van der Waals surface area contributed by atoms with Gasteiger partial charge in [0.15, 0.2) is 11.5 Å². The summed E-state index contributed by atoms with van der Waals surface area (Å²) in [5, 5.41) is 11.3. The highest BCUT2D eigenvalue weighted by atomic mass is 32.2. The van der Waals surface area contributed by atoms with Crippen molar-refractivity contribution in [2.75, 3.05) is 6.79 Å². The molecule has 1 aromatic heterocycles. The lowest BCUT2D eigenvalue weighted by Gasteiger charge is -2.04. The minimum absolute atomic E-state index is 0.245. The van der Waals surface area contributed by atoms with Gasteiger partial charge in [0.05, 0.1) is 0 Å². The van der Waals surface area contributed by atoms with Crippen molar-refractivity contribution in [1.29, 1.82) is 0 Å². The molecule has 0 atom stereocenters. The predicted molar refractivity (Wildman–Crippen MR) is 99.4 cm³/mol. The summed E-state index contributed by atoms with van der Waals surface area (Å²) in [4.78, 5) is 0. The minimum Gasteiger partial charge on any atom is -0.454 e. The molecule has 0 bridgehead atoms. The Hall–Kier alpha value is -2.99. The Morgan fingerprint density at radius 1 is 0.885 bits per heavy atom. The maximum Gasteiger partial charge on any atom is 0.277 e. The molecule has 0 aliphatic carbocycles. The second kappa shape index (κ2) is 6.38. The summed E-state index contributed by atoms with van der Waals surface area (Å²) in [6.07, 6.45) is 0. The van der Waals surface area contributed by atoms with Crippen LogP contribution in [0.1, 0.15) is 5.56 Å². The van der Waals surface area contributed by atoms with Gasteiger partial charge in [-0.05, 0) is 34.5 Å². The van der Waals surface area contributed by atoms with Crippen molar-refractivity contribution >= 4 is 22.5 Å². The van der Waals surface area contributed by atoms with Crippen LogP contribution in [0, 0.1) is 0 Å². The van der Waals surface area contributed by atoms with Crippen LogP contribution in [0.2, 0.25) is 0 Å². The van der Waals surface area contributed by atoms with Crippen LogP contribution in [-0.4, -0.2) is 17.0 Å². The van der Waals surface area contributed by atoms with Crippen molar-refractivity contribution in [2.45, 2.75) is 11.0 Å². The lowest BCUT2D eigenvalue weighted by molar-refractivity contribution is 0.174. The van der Waals surface area contributed by atoms with Gasteiger partial charge in [-0.15, -0.1) is 10.2 Å². The number of rotatable bonds is 4. The molecule has 4 aromatic rings. The average molecular weight is 362 g/mol. The summed E-state index contributed by atoms with van der Waals surface area (Å²) in [7, 11) is 0. The molecule has 2 heterocycles. The molecule has 0 fully saturated rings. The van der Waals surface area contributed by atoms with Crippen molar-refractivity contribution < 1.29 is 13.9 Å². The molecule has 0 N–H and O–H groups in total. The number of nitrogens with zero attached hydrogens (tertiary/aromatic N) is 2. The Bertz CT molecular complexity index is 1090. The van der Waals surface area contributed by atoms with Crippen LogP contribution < -0.4 is 9.47 Å². The molecule has 0 unspecified atom stereocenters. The van der Waals surface area contributed by atoms with Gasteiger partial charge in [-0.3, -0.25) is 0 Å². The standard InChI is InChI=1S/C20H14N2O3S/c1-2-7-16-13(4-1)5-3-6-15(16)11-26-20-22-21-19(25-20)14-8-9-17-18(10-14)24-12-23-17/h1-10H,11-12H2. The lowest BCUT2D eigenvalue weighted by atomic mass is 10.1. The first kappa shape index (κ1) is 15.3. The molecule has 6 heteroatoms.